The van der Waals surface area contributed by atoms with Crippen molar-refractivity contribution in [1.82, 2.24) is 0 Å². The lowest BCUT2D eigenvalue weighted by Crippen LogP contribution is -2.32. The zero-order chi connectivity index (χ0) is 16.8. The van der Waals surface area contributed by atoms with Crippen molar-refractivity contribution in [1.29, 1.82) is 0 Å². The Morgan fingerprint density at radius 1 is 0.957 bits per heavy atom. The van der Waals surface area contributed by atoms with Crippen molar-refractivity contribution in [2.24, 2.45) is 0 Å². The maximum Gasteiger partial charge on any atom is 0.246 e. The zero-order valence-corrected chi connectivity index (χ0v) is 14.1. The fourth-order valence-electron chi connectivity index (χ4n) is 2.42. The molecule has 0 aliphatic carbocycles. The number of rotatable bonds is 6. The van der Waals surface area contributed by atoms with Crippen molar-refractivity contribution in [3.05, 3.63) is 54.1 Å². The zero-order valence-electron chi connectivity index (χ0n) is 14.1. The third kappa shape index (κ3) is 4.25. The van der Waals surface area contributed by atoms with E-state index in [1.54, 1.807) is 7.11 Å². The van der Waals surface area contributed by atoms with Crippen LogP contribution in [-0.4, -0.2) is 19.1 Å². The molecule has 2 aromatic rings. The van der Waals surface area contributed by atoms with Crippen LogP contribution < -0.4 is 15.4 Å². The molecule has 0 heterocycles. The standard InChI is InChI=1S/C19H24N2O2/c1-13(2)15-9-5-6-10-16(15)21-19(22)14(3)20-17-11-7-8-12-18(17)23-4/h5-14,20H,1-4H3,(H,21,22)/t14-/m1/s1. The van der Waals surface area contributed by atoms with Crippen molar-refractivity contribution >= 4 is 17.3 Å². The largest absolute Gasteiger partial charge is 0.495 e. The summed E-state index contributed by atoms with van der Waals surface area (Å²) in [7, 11) is 1.62. The van der Waals surface area contributed by atoms with Gasteiger partial charge in [-0.15, -0.1) is 0 Å². The number of para-hydroxylation sites is 3. The summed E-state index contributed by atoms with van der Waals surface area (Å²) in [4.78, 5) is 12.5. The van der Waals surface area contributed by atoms with E-state index in [9.17, 15) is 4.79 Å². The van der Waals surface area contributed by atoms with E-state index >= 15 is 0 Å². The first-order valence-electron chi connectivity index (χ1n) is 7.82. The van der Waals surface area contributed by atoms with Crippen molar-refractivity contribution in [3.8, 4) is 5.75 Å². The maximum atomic E-state index is 12.5. The smallest absolute Gasteiger partial charge is 0.246 e. The Bertz CT molecular complexity index is 668. The number of carbonyl (C=O) groups excluding carboxylic acids is 1. The molecular formula is C19H24N2O2. The minimum Gasteiger partial charge on any atom is -0.495 e. The third-order valence-electron chi connectivity index (χ3n) is 3.71. The second-order valence-corrected chi connectivity index (χ2v) is 5.80. The van der Waals surface area contributed by atoms with Gasteiger partial charge in [-0.05, 0) is 36.6 Å². The number of benzene rings is 2. The average molecular weight is 312 g/mol. The molecule has 0 saturated heterocycles. The number of hydrogen-bond donors (Lipinski definition) is 2. The average Bonchev–Trinajstić information content (AvgIpc) is 2.55. The quantitative estimate of drug-likeness (QED) is 0.838. The molecule has 0 fully saturated rings. The molecule has 0 aliphatic rings. The first-order valence-corrected chi connectivity index (χ1v) is 7.82. The summed E-state index contributed by atoms with van der Waals surface area (Å²) in [5.74, 6) is 0.989. The van der Waals surface area contributed by atoms with Gasteiger partial charge in [0.2, 0.25) is 5.91 Å². The van der Waals surface area contributed by atoms with Gasteiger partial charge in [-0.2, -0.15) is 0 Å². The van der Waals surface area contributed by atoms with E-state index in [1.807, 2.05) is 55.5 Å². The van der Waals surface area contributed by atoms with Crippen molar-refractivity contribution < 1.29 is 9.53 Å². The van der Waals surface area contributed by atoms with Crippen molar-refractivity contribution in [2.45, 2.75) is 32.7 Å². The second kappa shape index (κ2) is 7.68. The molecular weight excluding hydrogens is 288 g/mol. The molecule has 23 heavy (non-hydrogen) atoms. The van der Waals surface area contributed by atoms with Crippen LogP contribution in [0.2, 0.25) is 0 Å². The summed E-state index contributed by atoms with van der Waals surface area (Å²) in [5, 5.41) is 6.20. The second-order valence-electron chi connectivity index (χ2n) is 5.80. The predicted molar refractivity (Wildman–Crippen MR) is 95.2 cm³/mol. The number of amides is 1. The summed E-state index contributed by atoms with van der Waals surface area (Å²) in [6.45, 7) is 6.06. The Labute approximate surface area is 137 Å². The number of methoxy groups -OCH3 is 1. The summed E-state index contributed by atoms with van der Waals surface area (Å²) in [6, 6.07) is 15.1. The first-order chi connectivity index (χ1) is 11.0. The Morgan fingerprint density at radius 2 is 1.57 bits per heavy atom. The molecule has 2 aromatic carbocycles. The van der Waals surface area contributed by atoms with Crippen LogP contribution in [0.25, 0.3) is 0 Å². The van der Waals surface area contributed by atoms with Crippen LogP contribution >= 0.6 is 0 Å². The third-order valence-corrected chi connectivity index (χ3v) is 3.71. The normalized spacial score (nSPS) is 11.9. The van der Waals surface area contributed by atoms with E-state index in [0.29, 0.717) is 5.92 Å². The van der Waals surface area contributed by atoms with E-state index < -0.39 is 0 Å². The molecule has 0 radical (unpaired) electrons. The van der Waals surface area contributed by atoms with Gasteiger partial charge >= 0.3 is 0 Å². The van der Waals surface area contributed by atoms with Crippen molar-refractivity contribution in [2.75, 3.05) is 17.7 Å². The van der Waals surface area contributed by atoms with Crippen LogP contribution in [0.1, 0.15) is 32.3 Å². The highest BCUT2D eigenvalue weighted by molar-refractivity contribution is 5.97. The van der Waals surface area contributed by atoms with Gasteiger partial charge < -0.3 is 15.4 Å². The summed E-state index contributed by atoms with van der Waals surface area (Å²) in [5.41, 5.74) is 2.79. The molecule has 0 aliphatic heterocycles. The fraction of sp³-hybridized carbons (Fsp3) is 0.316. The van der Waals surface area contributed by atoms with E-state index in [0.717, 1.165) is 22.7 Å². The highest BCUT2D eigenvalue weighted by atomic mass is 16.5. The minimum atomic E-state index is -0.383. The van der Waals surface area contributed by atoms with Crippen LogP contribution in [0.3, 0.4) is 0 Å². The van der Waals surface area contributed by atoms with E-state index in [-0.39, 0.29) is 11.9 Å². The molecule has 0 saturated carbocycles. The van der Waals surface area contributed by atoms with Gasteiger partial charge in [0.1, 0.15) is 11.8 Å². The van der Waals surface area contributed by atoms with Gasteiger partial charge in [-0.1, -0.05) is 44.2 Å². The van der Waals surface area contributed by atoms with Gasteiger partial charge in [0.05, 0.1) is 12.8 Å². The van der Waals surface area contributed by atoms with Crippen LogP contribution in [0, 0.1) is 0 Å². The molecule has 2 rings (SSSR count). The lowest BCUT2D eigenvalue weighted by atomic mass is 10.0. The van der Waals surface area contributed by atoms with Gasteiger partial charge in [-0.25, -0.2) is 0 Å². The molecule has 122 valence electrons. The Morgan fingerprint density at radius 3 is 2.22 bits per heavy atom. The Kier molecular flexibility index (Phi) is 5.63. The minimum absolute atomic E-state index is 0.0796. The van der Waals surface area contributed by atoms with Crippen LogP contribution in [0.5, 0.6) is 5.75 Å². The van der Waals surface area contributed by atoms with E-state index in [1.165, 1.54) is 0 Å². The number of hydrogen-bond acceptors (Lipinski definition) is 3. The molecule has 4 heteroatoms. The lowest BCUT2D eigenvalue weighted by molar-refractivity contribution is -0.116. The predicted octanol–water partition coefficient (Wildman–Crippen LogP) is 4.26. The van der Waals surface area contributed by atoms with E-state index in [4.69, 9.17) is 4.74 Å². The molecule has 0 spiro atoms. The molecule has 2 N–H and O–H groups in total. The summed E-state index contributed by atoms with van der Waals surface area (Å²) >= 11 is 0. The Hall–Kier alpha value is -2.49. The number of carbonyl (C=O) groups is 1. The Balaban J connectivity index is 2.09. The SMILES string of the molecule is COc1ccccc1N[C@H](C)C(=O)Nc1ccccc1C(C)C. The molecule has 0 bridgehead atoms. The number of nitrogens with one attached hydrogen (secondary N) is 2. The van der Waals surface area contributed by atoms with Gasteiger partial charge in [0.25, 0.3) is 0 Å². The fourth-order valence-corrected chi connectivity index (χ4v) is 2.42. The number of ether oxygens (including phenoxy) is 1. The molecule has 1 atom stereocenters. The van der Waals surface area contributed by atoms with E-state index in [2.05, 4.69) is 24.5 Å². The van der Waals surface area contributed by atoms with Crippen molar-refractivity contribution in [3.63, 3.8) is 0 Å². The monoisotopic (exact) mass is 312 g/mol. The maximum absolute atomic E-state index is 12.5. The summed E-state index contributed by atoms with van der Waals surface area (Å²) in [6.07, 6.45) is 0. The molecule has 4 nitrogen and oxygen atoms in total. The van der Waals surface area contributed by atoms with Gasteiger partial charge in [0.15, 0.2) is 0 Å². The van der Waals surface area contributed by atoms with Gasteiger partial charge in [-0.3, -0.25) is 4.79 Å². The molecule has 0 unspecified atom stereocenters. The lowest BCUT2D eigenvalue weighted by Gasteiger charge is -2.19. The molecule has 0 aromatic heterocycles. The van der Waals surface area contributed by atoms with Crippen LogP contribution in [0.4, 0.5) is 11.4 Å². The first kappa shape index (κ1) is 16.9. The number of anilines is 2. The topological polar surface area (TPSA) is 50.4 Å². The highest BCUT2D eigenvalue weighted by Gasteiger charge is 2.16. The van der Waals surface area contributed by atoms with Gasteiger partial charge in [0, 0.05) is 5.69 Å². The molecule has 1 amide bonds. The van der Waals surface area contributed by atoms with Crippen LogP contribution in [-0.2, 0) is 4.79 Å². The highest BCUT2D eigenvalue weighted by Crippen LogP contribution is 2.25. The van der Waals surface area contributed by atoms with Crippen LogP contribution in [0.15, 0.2) is 48.5 Å². The summed E-state index contributed by atoms with van der Waals surface area (Å²) < 4.78 is 5.30.